The van der Waals surface area contributed by atoms with Crippen LogP contribution in [0, 0.1) is 5.92 Å². The van der Waals surface area contributed by atoms with Crippen molar-refractivity contribution in [1.29, 1.82) is 0 Å². The maximum absolute atomic E-state index is 11.0. The number of nitrogens with zero attached hydrogens (tertiary/aromatic N) is 3. The van der Waals surface area contributed by atoms with Gasteiger partial charge in [0.15, 0.2) is 5.82 Å². The maximum atomic E-state index is 11.0. The molecule has 0 bridgehead atoms. The summed E-state index contributed by atoms with van der Waals surface area (Å²) in [5.41, 5.74) is 1.01. The smallest absolute Gasteiger partial charge is 0.307 e. The molecule has 2 heterocycles. The zero-order chi connectivity index (χ0) is 14.1. The van der Waals surface area contributed by atoms with Gasteiger partial charge in [0.05, 0.1) is 5.92 Å². The molecule has 2 aromatic rings. The highest BCUT2D eigenvalue weighted by molar-refractivity contribution is 5.70. The van der Waals surface area contributed by atoms with Crippen LogP contribution in [-0.4, -0.2) is 30.9 Å². The molecule has 1 aromatic heterocycles. The number of hydrogen-bond acceptors (Lipinski definition) is 4. The Morgan fingerprint density at radius 3 is 2.80 bits per heavy atom. The van der Waals surface area contributed by atoms with E-state index in [2.05, 4.69) is 10.1 Å². The highest BCUT2D eigenvalue weighted by Crippen LogP contribution is 2.20. The lowest BCUT2D eigenvalue weighted by Crippen LogP contribution is -2.26. The lowest BCUT2D eigenvalue weighted by molar-refractivity contribution is -0.142. The van der Waals surface area contributed by atoms with Crippen LogP contribution in [0.5, 0.6) is 5.75 Å². The molecule has 1 aliphatic heterocycles. The highest BCUT2D eigenvalue weighted by Gasteiger charge is 2.26. The minimum atomic E-state index is -0.765. The second kappa shape index (κ2) is 4.96. The lowest BCUT2D eigenvalue weighted by Gasteiger charge is -2.17. The number of benzene rings is 1. The summed E-state index contributed by atoms with van der Waals surface area (Å²) in [4.78, 5) is 15.4. The first kappa shape index (κ1) is 12.7. The van der Waals surface area contributed by atoms with Crippen molar-refractivity contribution < 1.29 is 15.0 Å². The molecule has 1 aromatic carbocycles. The fourth-order valence-electron chi connectivity index (χ4n) is 2.44. The molecule has 3 rings (SSSR count). The van der Waals surface area contributed by atoms with Crippen LogP contribution in [0.3, 0.4) is 0 Å². The number of rotatable bonds is 3. The number of hydrogen-bond donors (Lipinski definition) is 2. The van der Waals surface area contributed by atoms with Crippen molar-refractivity contribution in [2.45, 2.75) is 25.8 Å². The van der Waals surface area contributed by atoms with Crippen LogP contribution in [0.15, 0.2) is 24.3 Å². The molecule has 1 unspecified atom stereocenters. The summed E-state index contributed by atoms with van der Waals surface area (Å²) in [6, 6.07) is 6.92. The summed E-state index contributed by atoms with van der Waals surface area (Å²) < 4.78 is 1.80. The van der Waals surface area contributed by atoms with Gasteiger partial charge in [-0.2, -0.15) is 5.10 Å². The molecule has 0 spiro atoms. The molecule has 0 amide bonds. The summed E-state index contributed by atoms with van der Waals surface area (Å²) >= 11 is 0. The Hall–Kier alpha value is -2.37. The van der Waals surface area contributed by atoms with Gasteiger partial charge in [-0.15, -0.1) is 0 Å². The Morgan fingerprint density at radius 2 is 2.10 bits per heavy atom. The topological polar surface area (TPSA) is 88.2 Å². The molecule has 20 heavy (non-hydrogen) atoms. The number of aromatic hydroxyl groups is 1. The Kier molecular flexibility index (Phi) is 3.14. The van der Waals surface area contributed by atoms with E-state index in [0.717, 1.165) is 11.4 Å². The molecule has 0 saturated carbocycles. The molecule has 0 aliphatic carbocycles. The van der Waals surface area contributed by atoms with Crippen molar-refractivity contribution in [2.24, 2.45) is 5.92 Å². The van der Waals surface area contributed by atoms with Crippen LogP contribution in [-0.2, 0) is 24.2 Å². The summed E-state index contributed by atoms with van der Waals surface area (Å²) in [6.07, 6.45) is 1.63. The van der Waals surface area contributed by atoms with E-state index < -0.39 is 5.97 Å². The third-order valence-electron chi connectivity index (χ3n) is 3.56. The number of aryl methyl sites for hydroxylation is 1. The van der Waals surface area contributed by atoms with E-state index in [1.165, 1.54) is 0 Å². The van der Waals surface area contributed by atoms with Gasteiger partial charge in [-0.1, -0.05) is 12.1 Å². The molecule has 0 radical (unpaired) electrons. The van der Waals surface area contributed by atoms with Crippen LogP contribution in [0.1, 0.15) is 23.6 Å². The molecule has 2 N–H and O–H groups in total. The quantitative estimate of drug-likeness (QED) is 0.877. The van der Waals surface area contributed by atoms with Crippen LogP contribution >= 0.6 is 0 Å². The highest BCUT2D eigenvalue weighted by atomic mass is 16.4. The number of phenolic OH excluding ortho intramolecular Hbond substituents is 1. The van der Waals surface area contributed by atoms with Gasteiger partial charge in [-0.25, -0.2) is 9.67 Å². The molecule has 104 valence electrons. The number of carbonyl (C=O) groups is 1. The third-order valence-corrected chi connectivity index (χ3v) is 3.56. The predicted octanol–water partition coefficient (Wildman–Crippen LogP) is 1.22. The van der Waals surface area contributed by atoms with Crippen LogP contribution < -0.4 is 0 Å². The summed E-state index contributed by atoms with van der Waals surface area (Å²) in [6.45, 7) is 0.606. The second-order valence-corrected chi connectivity index (χ2v) is 5.04. The average Bonchev–Trinajstić information content (AvgIpc) is 2.82. The Bertz CT molecular complexity index is 634. The number of fused-ring (bicyclic) bond motifs is 1. The number of phenols is 1. The van der Waals surface area contributed by atoms with E-state index in [1.54, 1.807) is 16.8 Å². The standard InChI is InChI=1S/C14H15N3O3/c18-11-3-1-9(2-4-11)7-12-15-13-8-10(14(19)20)5-6-17(13)16-12/h1-4,10,18H,5-8H2,(H,19,20). The van der Waals surface area contributed by atoms with Gasteiger partial charge in [0.1, 0.15) is 11.6 Å². The number of carboxylic acid groups (broad SMARTS) is 1. The van der Waals surface area contributed by atoms with Crippen molar-refractivity contribution in [3.63, 3.8) is 0 Å². The molecule has 1 atom stereocenters. The van der Waals surface area contributed by atoms with Gasteiger partial charge in [0.2, 0.25) is 0 Å². The van der Waals surface area contributed by atoms with Crippen molar-refractivity contribution in [3.8, 4) is 5.75 Å². The SMILES string of the molecule is O=C(O)C1CCn2nc(Cc3ccc(O)cc3)nc2C1. The first-order chi connectivity index (χ1) is 9.61. The van der Waals surface area contributed by atoms with Crippen LogP contribution in [0.25, 0.3) is 0 Å². The van der Waals surface area contributed by atoms with Crippen molar-refractivity contribution in [2.75, 3.05) is 0 Å². The fourth-order valence-corrected chi connectivity index (χ4v) is 2.44. The van der Waals surface area contributed by atoms with Crippen LogP contribution in [0.4, 0.5) is 0 Å². The minimum Gasteiger partial charge on any atom is -0.508 e. The molecular weight excluding hydrogens is 258 g/mol. The van der Waals surface area contributed by atoms with Gasteiger partial charge < -0.3 is 10.2 Å². The normalized spacial score (nSPS) is 17.7. The molecule has 6 heteroatoms. The fraction of sp³-hybridized carbons (Fsp3) is 0.357. The first-order valence-corrected chi connectivity index (χ1v) is 6.55. The summed E-state index contributed by atoms with van der Waals surface area (Å²) in [7, 11) is 0. The maximum Gasteiger partial charge on any atom is 0.307 e. The van der Waals surface area contributed by atoms with E-state index in [-0.39, 0.29) is 11.7 Å². The van der Waals surface area contributed by atoms with Crippen molar-refractivity contribution in [1.82, 2.24) is 14.8 Å². The Labute approximate surface area is 115 Å². The monoisotopic (exact) mass is 273 g/mol. The number of aromatic nitrogens is 3. The van der Waals surface area contributed by atoms with E-state index in [9.17, 15) is 9.90 Å². The molecule has 0 fully saturated rings. The molecule has 0 saturated heterocycles. The number of aliphatic carboxylic acids is 1. The van der Waals surface area contributed by atoms with Gasteiger partial charge >= 0.3 is 5.97 Å². The summed E-state index contributed by atoms with van der Waals surface area (Å²) in [5, 5.41) is 22.7. The van der Waals surface area contributed by atoms with E-state index >= 15 is 0 Å². The minimum absolute atomic E-state index is 0.232. The van der Waals surface area contributed by atoms with Crippen molar-refractivity contribution >= 4 is 5.97 Å². The largest absolute Gasteiger partial charge is 0.508 e. The first-order valence-electron chi connectivity index (χ1n) is 6.55. The zero-order valence-corrected chi connectivity index (χ0v) is 10.9. The molecule has 1 aliphatic rings. The zero-order valence-electron chi connectivity index (χ0n) is 10.9. The summed E-state index contributed by atoms with van der Waals surface area (Å²) in [5.74, 6) is 0.553. The second-order valence-electron chi connectivity index (χ2n) is 5.04. The average molecular weight is 273 g/mol. The van der Waals surface area contributed by atoms with Crippen LogP contribution in [0.2, 0.25) is 0 Å². The van der Waals surface area contributed by atoms with E-state index in [4.69, 9.17) is 5.11 Å². The molecule has 6 nitrogen and oxygen atoms in total. The van der Waals surface area contributed by atoms with Crippen molar-refractivity contribution in [3.05, 3.63) is 41.5 Å². The predicted molar refractivity (Wildman–Crippen MR) is 70.4 cm³/mol. The van der Waals surface area contributed by atoms with E-state index in [1.807, 2.05) is 12.1 Å². The van der Waals surface area contributed by atoms with Gasteiger partial charge in [-0.05, 0) is 24.1 Å². The van der Waals surface area contributed by atoms with Gasteiger partial charge in [0.25, 0.3) is 0 Å². The third kappa shape index (κ3) is 2.49. The Balaban J connectivity index is 1.77. The Morgan fingerprint density at radius 1 is 1.35 bits per heavy atom. The lowest BCUT2D eigenvalue weighted by atomic mass is 9.98. The number of carboxylic acids is 1. The van der Waals surface area contributed by atoms with Gasteiger partial charge in [0, 0.05) is 19.4 Å². The van der Waals surface area contributed by atoms with E-state index in [0.29, 0.717) is 31.6 Å². The molecular formula is C14H15N3O3. The van der Waals surface area contributed by atoms with Gasteiger partial charge in [-0.3, -0.25) is 4.79 Å².